The van der Waals surface area contributed by atoms with Gasteiger partial charge in [0.15, 0.2) is 0 Å². The average Bonchev–Trinajstić information content (AvgIpc) is 2.16. The summed E-state index contributed by atoms with van der Waals surface area (Å²) in [4.78, 5) is 13.4. The van der Waals surface area contributed by atoms with E-state index in [0.717, 1.165) is 18.8 Å². The number of carbonyl (C=O) groups excluding carboxylic acids is 1. The zero-order chi connectivity index (χ0) is 13.3. The maximum absolute atomic E-state index is 11.6. The molecule has 0 aliphatic heterocycles. The van der Waals surface area contributed by atoms with E-state index >= 15 is 0 Å². The molecule has 0 heterocycles. The molecule has 4 heteroatoms. The zero-order valence-electron chi connectivity index (χ0n) is 11.7. The second-order valence-corrected chi connectivity index (χ2v) is 5.25. The van der Waals surface area contributed by atoms with Crippen molar-refractivity contribution in [1.82, 2.24) is 10.2 Å². The molecular formula is C13H28N2O2. The standard InChI is InChI=1S/C13H28N2O2/c1-11(2)6-5-7-12(3)14-13(17)10-15(4)8-9-16/h11-12,16H,5-10H2,1-4H3,(H,14,17). The molecule has 1 amide bonds. The maximum Gasteiger partial charge on any atom is 0.234 e. The van der Waals surface area contributed by atoms with Crippen molar-refractivity contribution in [2.24, 2.45) is 5.92 Å². The molecular weight excluding hydrogens is 216 g/mol. The van der Waals surface area contributed by atoms with E-state index in [1.165, 1.54) is 6.42 Å². The van der Waals surface area contributed by atoms with Crippen LogP contribution in [0, 0.1) is 5.92 Å². The number of hydrogen-bond acceptors (Lipinski definition) is 3. The SMILES string of the molecule is CC(C)CCCC(C)NC(=O)CN(C)CCO. The number of likely N-dealkylation sites (N-methyl/N-ethyl adjacent to an activating group) is 1. The van der Waals surface area contributed by atoms with Crippen molar-refractivity contribution in [2.45, 2.75) is 46.1 Å². The molecule has 0 aromatic carbocycles. The first-order valence-corrected chi connectivity index (χ1v) is 6.54. The highest BCUT2D eigenvalue weighted by atomic mass is 16.3. The minimum atomic E-state index is 0.0398. The van der Waals surface area contributed by atoms with Crippen molar-refractivity contribution in [1.29, 1.82) is 0 Å². The van der Waals surface area contributed by atoms with Crippen molar-refractivity contribution in [3.05, 3.63) is 0 Å². The van der Waals surface area contributed by atoms with Gasteiger partial charge in [0.1, 0.15) is 0 Å². The Morgan fingerprint density at radius 2 is 1.94 bits per heavy atom. The fourth-order valence-electron chi connectivity index (χ4n) is 1.72. The van der Waals surface area contributed by atoms with Gasteiger partial charge in [-0.25, -0.2) is 0 Å². The van der Waals surface area contributed by atoms with Crippen molar-refractivity contribution in [2.75, 3.05) is 26.7 Å². The van der Waals surface area contributed by atoms with Crippen LogP contribution < -0.4 is 5.32 Å². The molecule has 0 fully saturated rings. The maximum atomic E-state index is 11.6. The third-order valence-electron chi connectivity index (χ3n) is 2.72. The number of aliphatic hydroxyl groups is 1. The molecule has 1 atom stereocenters. The van der Waals surface area contributed by atoms with Crippen LogP contribution >= 0.6 is 0 Å². The van der Waals surface area contributed by atoms with E-state index < -0.39 is 0 Å². The minimum absolute atomic E-state index is 0.0398. The number of carbonyl (C=O) groups is 1. The first-order valence-electron chi connectivity index (χ1n) is 6.54. The molecule has 17 heavy (non-hydrogen) atoms. The van der Waals surface area contributed by atoms with Crippen molar-refractivity contribution >= 4 is 5.91 Å². The van der Waals surface area contributed by atoms with Gasteiger partial charge in [-0.3, -0.25) is 9.69 Å². The Labute approximate surface area is 105 Å². The average molecular weight is 244 g/mol. The molecule has 1 unspecified atom stereocenters. The van der Waals surface area contributed by atoms with E-state index in [1.54, 1.807) is 0 Å². The Kier molecular flexibility index (Phi) is 9.09. The summed E-state index contributed by atoms with van der Waals surface area (Å²) in [6.45, 7) is 7.46. The normalized spacial score (nSPS) is 13.1. The summed E-state index contributed by atoms with van der Waals surface area (Å²) in [6, 6.07) is 0.240. The molecule has 0 aromatic heterocycles. The Balaban J connectivity index is 3.65. The van der Waals surface area contributed by atoms with Crippen molar-refractivity contribution < 1.29 is 9.90 Å². The van der Waals surface area contributed by atoms with Gasteiger partial charge in [-0.15, -0.1) is 0 Å². The first-order chi connectivity index (χ1) is 7.95. The van der Waals surface area contributed by atoms with Crippen LogP contribution in [0.25, 0.3) is 0 Å². The van der Waals surface area contributed by atoms with Gasteiger partial charge < -0.3 is 10.4 Å². The van der Waals surface area contributed by atoms with Crippen molar-refractivity contribution in [3.8, 4) is 0 Å². The molecule has 0 rings (SSSR count). The highest BCUT2D eigenvalue weighted by Crippen LogP contribution is 2.08. The van der Waals surface area contributed by atoms with E-state index in [4.69, 9.17) is 5.11 Å². The third-order valence-corrected chi connectivity index (χ3v) is 2.72. The van der Waals surface area contributed by atoms with Crippen LogP contribution in [-0.4, -0.2) is 48.7 Å². The van der Waals surface area contributed by atoms with Gasteiger partial charge >= 0.3 is 0 Å². The highest BCUT2D eigenvalue weighted by Gasteiger charge is 2.09. The number of hydrogen-bond donors (Lipinski definition) is 2. The van der Waals surface area contributed by atoms with Gasteiger partial charge in [0, 0.05) is 12.6 Å². The monoisotopic (exact) mass is 244 g/mol. The smallest absolute Gasteiger partial charge is 0.234 e. The van der Waals surface area contributed by atoms with Crippen LogP contribution in [0.5, 0.6) is 0 Å². The number of nitrogens with one attached hydrogen (secondary N) is 1. The Bertz CT molecular complexity index is 208. The lowest BCUT2D eigenvalue weighted by atomic mass is 10.0. The van der Waals surface area contributed by atoms with Gasteiger partial charge in [-0.1, -0.05) is 26.7 Å². The molecule has 102 valence electrons. The lowest BCUT2D eigenvalue weighted by molar-refractivity contribution is -0.122. The number of nitrogens with zero attached hydrogens (tertiary/aromatic N) is 1. The van der Waals surface area contributed by atoms with Crippen LogP contribution in [0.3, 0.4) is 0 Å². The second-order valence-electron chi connectivity index (χ2n) is 5.25. The number of aliphatic hydroxyl groups excluding tert-OH is 1. The third kappa shape index (κ3) is 10.3. The van der Waals surface area contributed by atoms with Crippen LogP contribution in [0.2, 0.25) is 0 Å². The number of rotatable bonds is 9. The molecule has 0 saturated heterocycles. The van der Waals surface area contributed by atoms with E-state index in [9.17, 15) is 4.79 Å². The molecule has 0 bridgehead atoms. The summed E-state index contributed by atoms with van der Waals surface area (Å²) in [6.07, 6.45) is 3.41. The van der Waals surface area contributed by atoms with Gasteiger partial charge in [0.05, 0.1) is 13.2 Å². The Morgan fingerprint density at radius 1 is 1.29 bits per heavy atom. The van der Waals surface area contributed by atoms with E-state index in [2.05, 4.69) is 19.2 Å². The Morgan fingerprint density at radius 3 is 2.47 bits per heavy atom. The molecule has 0 saturated carbocycles. The summed E-state index contributed by atoms with van der Waals surface area (Å²) in [5, 5.41) is 11.7. The summed E-state index contributed by atoms with van der Waals surface area (Å²) in [7, 11) is 1.83. The van der Waals surface area contributed by atoms with Crippen LogP contribution in [0.1, 0.15) is 40.0 Å². The zero-order valence-corrected chi connectivity index (χ0v) is 11.7. The summed E-state index contributed by atoms with van der Waals surface area (Å²) in [5.74, 6) is 0.770. The quantitative estimate of drug-likeness (QED) is 0.641. The minimum Gasteiger partial charge on any atom is -0.395 e. The Hall–Kier alpha value is -0.610. The molecule has 4 nitrogen and oxygen atoms in total. The van der Waals surface area contributed by atoms with Gasteiger partial charge in [0.2, 0.25) is 5.91 Å². The van der Waals surface area contributed by atoms with Crippen LogP contribution in [0.15, 0.2) is 0 Å². The molecule has 0 aromatic rings. The van der Waals surface area contributed by atoms with Crippen LogP contribution in [-0.2, 0) is 4.79 Å². The van der Waals surface area contributed by atoms with Crippen LogP contribution in [0.4, 0.5) is 0 Å². The number of amides is 1. The largest absolute Gasteiger partial charge is 0.395 e. The molecule has 2 N–H and O–H groups in total. The van der Waals surface area contributed by atoms with E-state index in [-0.39, 0.29) is 18.6 Å². The second kappa shape index (κ2) is 9.42. The molecule has 0 radical (unpaired) electrons. The lowest BCUT2D eigenvalue weighted by Gasteiger charge is -2.18. The predicted molar refractivity (Wildman–Crippen MR) is 70.9 cm³/mol. The van der Waals surface area contributed by atoms with Gasteiger partial charge in [-0.05, 0) is 26.3 Å². The van der Waals surface area contributed by atoms with E-state index in [0.29, 0.717) is 13.1 Å². The summed E-state index contributed by atoms with van der Waals surface area (Å²) >= 11 is 0. The fraction of sp³-hybridized carbons (Fsp3) is 0.923. The van der Waals surface area contributed by atoms with Gasteiger partial charge in [-0.2, -0.15) is 0 Å². The molecule has 0 aliphatic carbocycles. The van der Waals surface area contributed by atoms with Crippen molar-refractivity contribution in [3.63, 3.8) is 0 Å². The topological polar surface area (TPSA) is 52.6 Å². The highest BCUT2D eigenvalue weighted by molar-refractivity contribution is 5.78. The molecule has 0 spiro atoms. The summed E-state index contributed by atoms with van der Waals surface area (Å²) in [5.41, 5.74) is 0. The summed E-state index contributed by atoms with van der Waals surface area (Å²) < 4.78 is 0. The molecule has 0 aliphatic rings. The van der Waals surface area contributed by atoms with E-state index in [1.807, 2.05) is 18.9 Å². The fourth-order valence-corrected chi connectivity index (χ4v) is 1.72. The predicted octanol–water partition coefficient (Wildman–Crippen LogP) is 1.24. The van der Waals surface area contributed by atoms with Gasteiger partial charge in [0.25, 0.3) is 0 Å². The first kappa shape index (κ1) is 16.4. The lowest BCUT2D eigenvalue weighted by Crippen LogP contribution is -2.40.